The number of unbranched alkanes of at least 4 members (excludes halogenated alkanes) is 18. The third kappa shape index (κ3) is 39.4. The molecule has 1 fully saturated rings. The van der Waals surface area contributed by atoms with Crippen LogP contribution in [0.1, 0.15) is 213 Å². The highest BCUT2D eigenvalue weighted by Crippen LogP contribution is 2.26. The Balaban J connectivity index is 2.74. The van der Waals surface area contributed by atoms with E-state index in [0.717, 1.165) is 122 Å². The summed E-state index contributed by atoms with van der Waals surface area (Å²) in [6, 6.07) is -1.05. The third-order valence-corrected chi connectivity index (χ3v) is 13.2. The number of esters is 1. The minimum atomic E-state index is -1.64. The molecule has 0 aromatic heterocycles. The lowest BCUT2D eigenvalue weighted by Crippen LogP contribution is -2.61. The van der Waals surface area contributed by atoms with Gasteiger partial charge in [0, 0.05) is 6.42 Å². The van der Waals surface area contributed by atoms with Crippen molar-refractivity contribution in [2.75, 3.05) is 13.2 Å². The van der Waals surface area contributed by atoms with E-state index in [9.17, 15) is 35.1 Å². The largest absolute Gasteiger partial charge is 0.454 e. The van der Waals surface area contributed by atoms with E-state index in [0.29, 0.717) is 12.8 Å². The Kier molecular flexibility index (Phi) is 47.8. The molecule has 0 aromatic carbocycles. The van der Waals surface area contributed by atoms with Crippen molar-refractivity contribution < 1.29 is 49.3 Å². The highest BCUT2D eigenvalue weighted by Gasteiger charge is 2.47. The number of ether oxygens (including phenoxy) is 3. The van der Waals surface area contributed by atoms with Gasteiger partial charge in [0.1, 0.15) is 24.4 Å². The Morgan fingerprint density at radius 2 is 1.01 bits per heavy atom. The zero-order valence-electron chi connectivity index (χ0n) is 47.6. The quantitative estimate of drug-likeness (QED) is 0.0149. The van der Waals surface area contributed by atoms with Gasteiger partial charge in [0.05, 0.1) is 25.4 Å². The van der Waals surface area contributed by atoms with Crippen LogP contribution in [0.2, 0.25) is 0 Å². The number of hydrogen-bond donors (Lipinski definition) is 6. The summed E-state index contributed by atoms with van der Waals surface area (Å²) in [4.78, 5) is 26.5. The number of allylic oxidation sites excluding steroid dienone is 19. The number of carbonyl (C=O) groups excluding carboxylic acids is 2. The highest BCUT2D eigenvalue weighted by molar-refractivity contribution is 5.80. The zero-order chi connectivity index (χ0) is 55.4. The van der Waals surface area contributed by atoms with Crippen molar-refractivity contribution in [3.05, 3.63) is 122 Å². The van der Waals surface area contributed by atoms with Crippen LogP contribution in [0.15, 0.2) is 122 Å². The number of aliphatic hydroxyl groups is 5. The molecule has 0 saturated carbocycles. The van der Waals surface area contributed by atoms with Gasteiger partial charge >= 0.3 is 5.97 Å². The average molecular weight is 1060 g/mol. The average Bonchev–Trinajstić information content (AvgIpc) is 3.42. The molecule has 0 radical (unpaired) electrons. The normalized spacial score (nSPS) is 20.0. The van der Waals surface area contributed by atoms with E-state index in [1.54, 1.807) is 6.08 Å². The maximum atomic E-state index is 13.4. The molecular formula is C65H107NO10. The van der Waals surface area contributed by atoms with Crippen LogP contribution in [0.25, 0.3) is 0 Å². The van der Waals surface area contributed by atoms with E-state index in [2.05, 4.69) is 123 Å². The van der Waals surface area contributed by atoms with Crippen molar-refractivity contribution in [2.45, 2.75) is 262 Å². The summed E-state index contributed by atoms with van der Waals surface area (Å²) in [5.74, 6) is -1.26. The molecule has 1 heterocycles. The molecule has 8 atom stereocenters. The molecule has 0 bridgehead atoms. The van der Waals surface area contributed by atoms with Crippen LogP contribution in [0.3, 0.4) is 0 Å². The number of aliphatic hydroxyl groups excluding tert-OH is 5. The monoisotopic (exact) mass is 1060 g/mol. The van der Waals surface area contributed by atoms with Crippen LogP contribution >= 0.6 is 0 Å². The first-order chi connectivity index (χ1) is 37.2. The number of carbonyl (C=O) groups is 2. The fourth-order valence-corrected chi connectivity index (χ4v) is 8.48. The van der Waals surface area contributed by atoms with E-state index in [-0.39, 0.29) is 19.4 Å². The van der Waals surface area contributed by atoms with Gasteiger partial charge in [-0.3, -0.25) is 9.59 Å². The lowest BCUT2D eigenvalue weighted by atomic mass is 9.99. The van der Waals surface area contributed by atoms with Crippen molar-refractivity contribution in [3.8, 4) is 0 Å². The van der Waals surface area contributed by atoms with Gasteiger partial charge in [0.2, 0.25) is 5.91 Å². The first-order valence-electron chi connectivity index (χ1n) is 29.8. The van der Waals surface area contributed by atoms with Crippen molar-refractivity contribution in [1.82, 2.24) is 5.32 Å². The summed E-state index contributed by atoms with van der Waals surface area (Å²) in [5, 5.41) is 56.9. The van der Waals surface area contributed by atoms with Gasteiger partial charge in [-0.1, -0.05) is 232 Å². The maximum Gasteiger partial charge on any atom is 0.306 e. The fourth-order valence-electron chi connectivity index (χ4n) is 8.48. The Hall–Kier alpha value is -3.94. The number of hydrogen-bond acceptors (Lipinski definition) is 10. The first kappa shape index (κ1) is 70.1. The number of nitrogens with one attached hydrogen (secondary N) is 1. The molecule has 11 heteroatoms. The van der Waals surface area contributed by atoms with E-state index in [1.807, 2.05) is 18.2 Å². The Morgan fingerprint density at radius 3 is 1.57 bits per heavy atom. The topological polar surface area (TPSA) is 175 Å². The molecule has 0 aromatic rings. The van der Waals surface area contributed by atoms with Crippen LogP contribution in [0, 0.1) is 0 Å². The Morgan fingerprint density at radius 1 is 0.539 bits per heavy atom. The molecule has 1 rings (SSSR count). The zero-order valence-corrected chi connectivity index (χ0v) is 47.6. The molecule has 0 aliphatic carbocycles. The third-order valence-electron chi connectivity index (χ3n) is 13.2. The van der Waals surface area contributed by atoms with E-state index in [1.165, 1.54) is 44.9 Å². The molecule has 6 N–H and O–H groups in total. The van der Waals surface area contributed by atoms with Gasteiger partial charge in [0.25, 0.3) is 0 Å². The second-order valence-electron chi connectivity index (χ2n) is 20.0. The van der Waals surface area contributed by atoms with Gasteiger partial charge in [-0.15, -0.1) is 0 Å². The van der Waals surface area contributed by atoms with Crippen LogP contribution < -0.4 is 5.32 Å². The van der Waals surface area contributed by atoms with Crippen LogP contribution in [0.5, 0.6) is 0 Å². The summed E-state index contributed by atoms with van der Waals surface area (Å²) in [6.45, 7) is 5.49. The van der Waals surface area contributed by atoms with E-state index in [4.69, 9.17) is 14.2 Å². The Labute approximate surface area is 461 Å². The first-order valence-corrected chi connectivity index (χ1v) is 29.8. The molecular weight excluding hydrogens is 955 g/mol. The molecule has 8 unspecified atom stereocenters. The number of amides is 1. The second kappa shape index (κ2) is 51.8. The highest BCUT2D eigenvalue weighted by atomic mass is 16.7. The van der Waals surface area contributed by atoms with Gasteiger partial charge in [0.15, 0.2) is 12.4 Å². The number of rotatable bonds is 48. The molecule has 0 spiro atoms. The SMILES string of the molecule is CC/C=C\C/C=C\C/C=C\C/C=C\C/C=C\C/C=C\CCCCC(=O)OC1C(OCC(NC(=O)C(O)CCCCCCCC/C=C/C=C/C=C/CC)C(O)/C=C/CCCCCCCCCCCC)OC(CO)C(O)C1O. The maximum absolute atomic E-state index is 13.4. The summed E-state index contributed by atoms with van der Waals surface area (Å²) in [6.07, 6.45) is 60.9. The fraction of sp³-hybridized carbons (Fsp3) is 0.662. The molecule has 1 aliphatic rings. The lowest BCUT2D eigenvalue weighted by Gasteiger charge is -2.41. The van der Waals surface area contributed by atoms with Gasteiger partial charge in [-0.25, -0.2) is 0 Å². The van der Waals surface area contributed by atoms with E-state index >= 15 is 0 Å². The minimum Gasteiger partial charge on any atom is -0.454 e. The molecule has 11 nitrogen and oxygen atoms in total. The predicted octanol–water partition coefficient (Wildman–Crippen LogP) is 13.9. The van der Waals surface area contributed by atoms with Crippen molar-refractivity contribution in [3.63, 3.8) is 0 Å². The molecule has 432 valence electrons. The van der Waals surface area contributed by atoms with Crippen molar-refractivity contribution in [2.24, 2.45) is 0 Å². The predicted molar refractivity (Wildman–Crippen MR) is 314 cm³/mol. The van der Waals surface area contributed by atoms with Crippen molar-refractivity contribution in [1.29, 1.82) is 0 Å². The smallest absolute Gasteiger partial charge is 0.306 e. The molecule has 1 amide bonds. The van der Waals surface area contributed by atoms with Crippen LogP contribution in [-0.2, 0) is 23.8 Å². The summed E-state index contributed by atoms with van der Waals surface area (Å²) in [5.41, 5.74) is 0. The summed E-state index contributed by atoms with van der Waals surface area (Å²) < 4.78 is 17.5. The summed E-state index contributed by atoms with van der Waals surface area (Å²) in [7, 11) is 0. The minimum absolute atomic E-state index is 0.0600. The van der Waals surface area contributed by atoms with Crippen LogP contribution in [-0.4, -0.2) is 99.6 Å². The second-order valence-corrected chi connectivity index (χ2v) is 20.0. The molecule has 1 aliphatic heterocycles. The molecule has 76 heavy (non-hydrogen) atoms. The summed E-state index contributed by atoms with van der Waals surface area (Å²) >= 11 is 0. The standard InChI is InChI=1S/C65H107NO10/c1-4-7-10-13-16-19-22-25-27-28-29-30-31-32-33-35-38-41-44-47-50-53-60(70)76-63-62(72)61(71)59(54-67)75-65(63)74-55-56(57(68)51-48-45-42-39-36-24-21-18-15-12-9-6-3)66-64(73)58(69)52-49-46-43-40-37-34-26-23-20-17-14-11-8-5-2/h7-8,10-11,14,16-17,19-20,23,25,27,29-30,32-33,38,41,48,51,56-59,61-63,65,67-69,71-72H,4-6,9,12-13,15,18,21-22,24,26,28,31,34-37,39-40,42-47,49-50,52-55H2,1-3H3,(H,66,73)/b10-7-,11-8+,17-14+,19-16-,23-20+,27-25-,30-29-,33-32-,41-38-,51-48+. The Bertz CT molecular complexity index is 1690. The molecule has 1 saturated heterocycles. The van der Waals surface area contributed by atoms with Gasteiger partial charge in [-0.2, -0.15) is 0 Å². The van der Waals surface area contributed by atoms with Crippen LogP contribution in [0.4, 0.5) is 0 Å². The lowest BCUT2D eigenvalue weighted by molar-refractivity contribution is -0.305. The van der Waals surface area contributed by atoms with Crippen molar-refractivity contribution >= 4 is 11.9 Å². The van der Waals surface area contributed by atoms with Gasteiger partial charge < -0.3 is 45.1 Å². The van der Waals surface area contributed by atoms with E-state index < -0.39 is 67.4 Å². The van der Waals surface area contributed by atoms with Gasteiger partial charge in [-0.05, 0) is 96.3 Å².